The highest BCUT2D eigenvalue weighted by molar-refractivity contribution is 7.92. The Kier molecular flexibility index (Phi) is 11.8. The third-order valence-electron chi connectivity index (χ3n) is 7.73. The second-order valence-corrected chi connectivity index (χ2v) is 12.8. The van der Waals surface area contributed by atoms with Crippen LogP contribution in [-0.4, -0.2) is 58.0 Å². The molecule has 2 amide bonds. The maximum Gasteiger partial charge on any atom is 0.264 e. The van der Waals surface area contributed by atoms with Gasteiger partial charge >= 0.3 is 0 Å². The van der Waals surface area contributed by atoms with Crippen molar-refractivity contribution in [2.75, 3.05) is 25.1 Å². The van der Waals surface area contributed by atoms with E-state index in [4.69, 9.17) is 9.47 Å². The van der Waals surface area contributed by atoms with Crippen LogP contribution < -0.4 is 19.1 Å². The molecule has 0 aliphatic heterocycles. The fourth-order valence-electron chi connectivity index (χ4n) is 4.96. The number of benzene rings is 4. The molecule has 1 N–H and O–H groups in total. The van der Waals surface area contributed by atoms with Gasteiger partial charge in [-0.05, 0) is 73.0 Å². The number of hydrogen-bond acceptors (Lipinski definition) is 6. The Morgan fingerprint density at radius 1 is 0.783 bits per heavy atom. The van der Waals surface area contributed by atoms with Crippen molar-refractivity contribution >= 4 is 27.5 Å². The van der Waals surface area contributed by atoms with Gasteiger partial charge < -0.3 is 19.7 Å². The van der Waals surface area contributed by atoms with E-state index in [1.807, 2.05) is 56.3 Å². The molecule has 0 bridgehead atoms. The molecule has 10 heteroatoms. The average molecular weight is 644 g/mol. The Morgan fingerprint density at radius 3 is 2.00 bits per heavy atom. The van der Waals surface area contributed by atoms with Crippen molar-refractivity contribution in [2.24, 2.45) is 0 Å². The van der Waals surface area contributed by atoms with Gasteiger partial charge in [-0.15, -0.1) is 0 Å². The number of ether oxygens (including phenoxy) is 2. The number of carbonyl (C=O) groups is 2. The lowest BCUT2D eigenvalue weighted by atomic mass is 10.0. The smallest absolute Gasteiger partial charge is 0.264 e. The minimum Gasteiger partial charge on any atom is -0.497 e. The summed E-state index contributed by atoms with van der Waals surface area (Å²) in [4.78, 5) is 30.0. The molecular weight excluding hydrogens is 602 g/mol. The molecule has 0 spiro atoms. The molecule has 2 atom stereocenters. The number of nitrogens with zero attached hydrogens (tertiary/aromatic N) is 2. The fraction of sp³-hybridized carbons (Fsp3) is 0.278. The first-order valence-electron chi connectivity index (χ1n) is 15.1. The normalized spacial score (nSPS) is 12.4. The van der Waals surface area contributed by atoms with Gasteiger partial charge in [0.05, 0.1) is 24.8 Å². The standard InChI is InChI=1S/C36H41N3O6S/c1-5-27(2)37-36(41)34(24-28-13-8-6-9-14-28)38(25-29-15-12-18-32(23-29)45-4)35(40)26-39(30-16-10-7-11-17-30)46(42,43)33-21-19-31(44-3)20-22-33/h6-23,27,34H,5,24-26H2,1-4H3,(H,37,41)/t27-,34-/m0/s1. The molecule has 0 aliphatic rings. The number of amides is 2. The molecule has 4 aromatic carbocycles. The molecule has 0 radical (unpaired) electrons. The lowest BCUT2D eigenvalue weighted by Crippen LogP contribution is -2.54. The molecule has 0 aromatic heterocycles. The lowest BCUT2D eigenvalue weighted by Gasteiger charge is -2.34. The fourth-order valence-corrected chi connectivity index (χ4v) is 6.37. The van der Waals surface area contributed by atoms with Gasteiger partial charge in [0.2, 0.25) is 11.8 Å². The van der Waals surface area contributed by atoms with E-state index in [1.165, 1.54) is 24.1 Å². The molecule has 9 nitrogen and oxygen atoms in total. The van der Waals surface area contributed by atoms with Gasteiger partial charge in [0.1, 0.15) is 24.1 Å². The van der Waals surface area contributed by atoms with Crippen LogP contribution in [0.1, 0.15) is 31.4 Å². The zero-order chi connectivity index (χ0) is 33.1. The Morgan fingerprint density at radius 2 is 1.39 bits per heavy atom. The van der Waals surface area contributed by atoms with Crippen molar-refractivity contribution in [1.82, 2.24) is 10.2 Å². The molecule has 0 saturated carbocycles. The summed E-state index contributed by atoms with van der Waals surface area (Å²) in [6, 6.07) is 30.1. The highest BCUT2D eigenvalue weighted by Crippen LogP contribution is 2.26. The number of methoxy groups -OCH3 is 2. The van der Waals surface area contributed by atoms with Crippen LogP contribution in [0.4, 0.5) is 5.69 Å². The van der Waals surface area contributed by atoms with Crippen LogP contribution in [0, 0.1) is 0 Å². The third kappa shape index (κ3) is 8.66. The van der Waals surface area contributed by atoms with E-state index in [-0.39, 0.29) is 29.8 Å². The van der Waals surface area contributed by atoms with Gasteiger partial charge in [0, 0.05) is 19.0 Å². The number of hydrogen-bond donors (Lipinski definition) is 1. The molecule has 0 fully saturated rings. The molecule has 46 heavy (non-hydrogen) atoms. The van der Waals surface area contributed by atoms with Crippen LogP contribution in [0.5, 0.6) is 11.5 Å². The topological polar surface area (TPSA) is 105 Å². The van der Waals surface area contributed by atoms with Crippen LogP contribution in [0.25, 0.3) is 0 Å². The van der Waals surface area contributed by atoms with E-state index >= 15 is 0 Å². The average Bonchev–Trinajstić information content (AvgIpc) is 3.09. The number of para-hydroxylation sites is 1. The van der Waals surface area contributed by atoms with Crippen LogP contribution >= 0.6 is 0 Å². The predicted molar refractivity (Wildman–Crippen MR) is 179 cm³/mol. The minimum absolute atomic E-state index is 0.000326. The van der Waals surface area contributed by atoms with E-state index < -0.39 is 28.5 Å². The maximum absolute atomic E-state index is 14.5. The zero-order valence-corrected chi connectivity index (χ0v) is 27.4. The summed E-state index contributed by atoms with van der Waals surface area (Å²) < 4.78 is 40.0. The summed E-state index contributed by atoms with van der Waals surface area (Å²) in [5.74, 6) is 0.242. The van der Waals surface area contributed by atoms with Crippen LogP contribution in [0.3, 0.4) is 0 Å². The van der Waals surface area contributed by atoms with E-state index in [0.717, 1.165) is 15.4 Å². The Bertz CT molecular complexity index is 1680. The van der Waals surface area contributed by atoms with Gasteiger partial charge in [-0.25, -0.2) is 8.42 Å². The molecule has 242 valence electrons. The number of rotatable bonds is 15. The SMILES string of the molecule is CC[C@H](C)NC(=O)[C@H](Cc1ccccc1)N(Cc1cccc(OC)c1)C(=O)CN(c1ccccc1)S(=O)(=O)c1ccc(OC)cc1. The molecule has 0 saturated heterocycles. The molecular formula is C36H41N3O6S. The highest BCUT2D eigenvalue weighted by atomic mass is 32.2. The summed E-state index contributed by atoms with van der Waals surface area (Å²) >= 11 is 0. The van der Waals surface area contributed by atoms with Crippen molar-refractivity contribution in [2.45, 2.75) is 50.2 Å². The predicted octanol–water partition coefficient (Wildman–Crippen LogP) is 5.45. The number of carbonyl (C=O) groups excluding carboxylic acids is 2. The zero-order valence-electron chi connectivity index (χ0n) is 26.6. The van der Waals surface area contributed by atoms with Crippen LogP contribution in [-0.2, 0) is 32.6 Å². The lowest BCUT2D eigenvalue weighted by molar-refractivity contribution is -0.140. The second kappa shape index (κ2) is 15.9. The van der Waals surface area contributed by atoms with Crippen LogP contribution in [0.2, 0.25) is 0 Å². The van der Waals surface area contributed by atoms with E-state index in [1.54, 1.807) is 61.7 Å². The largest absolute Gasteiger partial charge is 0.497 e. The van der Waals surface area contributed by atoms with E-state index in [9.17, 15) is 18.0 Å². The molecule has 0 unspecified atom stereocenters. The van der Waals surface area contributed by atoms with E-state index in [0.29, 0.717) is 23.6 Å². The third-order valence-corrected chi connectivity index (χ3v) is 9.52. The molecule has 0 aliphatic carbocycles. The van der Waals surface area contributed by atoms with Crippen LogP contribution in [0.15, 0.2) is 114 Å². The van der Waals surface area contributed by atoms with Crippen molar-refractivity contribution in [3.05, 3.63) is 120 Å². The van der Waals surface area contributed by atoms with Crippen molar-refractivity contribution in [3.8, 4) is 11.5 Å². The number of nitrogens with one attached hydrogen (secondary N) is 1. The quantitative estimate of drug-likeness (QED) is 0.185. The van der Waals surface area contributed by atoms with Gasteiger partial charge in [-0.2, -0.15) is 0 Å². The van der Waals surface area contributed by atoms with Crippen molar-refractivity contribution in [3.63, 3.8) is 0 Å². The minimum atomic E-state index is -4.21. The molecule has 0 heterocycles. The second-order valence-electron chi connectivity index (χ2n) is 10.9. The summed E-state index contributed by atoms with van der Waals surface area (Å²) in [7, 11) is -1.15. The summed E-state index contributed by atoms with van der Waals surface area (Å²) in [6.45, 7) is 3.39. The monoisotopic (exact) mass is 643 g/mol. The summed E-state index contributed by atoms with van der Waals surface area (Å²) in [6.07, 6.45) is 0.935. The summed E-state index contributed by atoms with van der Waals surface area (Å²) in [5, 5.41) is 3.04. The van der Waals surface area contributed by atoms with Gasteiger partial charge in [0.25, 0.3) is 10.0 Å². The van der Waals surface area contributed by atoms with Gasteiger partial charge in [-0.3, -0.25) is 13.9 Å². The molecule has 4 aromatic rings. The number of sulfonamides is 1. The van der Waals surface area contributed by atoms with Crippen molar-refractivity contribution in [1.29, 1.82) is 0 Å². The Hall–Kier alpha value is -4.83. The Balaban J connectivity index is 1.80. The Labute approximate surface area is 271 Å². The van der Waals surface area contributed by atoms with E-state index in [2.05, 4.69) is 5.32 Å². The highest BCUT2D eigenvalue weighted by Gasteiger charge is 2.35. The first kappa shape index (κ1) is 34.1. The number of anilines is 1. The van der Waals surface area contributed by atoms with Gasteiger partial charge in [0.15, 0.2) is 0 Å². The first-order valence-corrected chi connectivity index (χ1v) is 16.6. The van der Waals surface area contributed by atoms with Crippen molar-refractivity contribution < 1.29 is 27.5 Å². The summed E-state index contributed by atoms with van der Waals surface area (Å²) in [5.41, 5.74) is 1.91. The maximum atomic E-state index is 14.5. The van der Waals surface area contributed by atoms with Gasteiger partial charge in [-0.1, -0.05) is 67.6 Å². The first-order chi connectivity index (χ1) is 22.2. The molecule has 4 rings (SSSR count).